The number of sulfonamides is 1. The Morgan fingerprint density at radius 1 is 1.02 bits per heavy atom. The molecule has 2 heterocycles. The number of hydrogen-bond donors (Lipinski definition) is 4. The number of benzene rings is 1. The first kappa shape index (κ1) is 39.8. The van der Waals surface area contributed by atoms with Gasteiger partial charge in [0, 0.05) is 24.1 Å². The van der Waals surface area contributed by atoms with Crippen molar-refractivity contribution in [2.45, 2.75) is 119 Å². The number of nitrogens with one attached hydrogen (secondary N) is 4. The highest BCUT2D eigenvalue weighted by Gasteiger charge is 2.62. The number of rotatable bonds is 7. The fourth-order valence-corrected chi connectivity index (χ4v) is 8.06. The molecule has 2 aliphatic heterocycles. The minimum absolute atomic E-state index is 0.101. The van der Waals surface area contributed by atoms with Crippen LogP contribution in [0.4, 0.5) is 18.0 Å². The number of fused-ring (bicyclic) bond motifs is 2. The van der Waals surface area contributed by atoms with Crippen molar-refractivity contribution in [2.24, 2.45) is 5.92 Å². The van der Waals surface area contributed by atoms with Gasteiger partial charge in [-0.15, -0.1) is 0 Å². The number of hydrogen-bond acceptors (Lipinski definition) is 9. The fourth-order valence-electron chi connectivity index (χ4n) is 6.69. The normalized spacial score (nSPS) is 26.9. The van der Waals surface area contributed by atoms with Gasteiger partial charge in [0.1, 0.15) is 29.0 Å². The summed E-state index contributed by atoms with van der Waals surface area (Å²) in [6.45, 7) is 4.69. The number of carbonyl (C=O) groups excluding carboxylic acids is 5. The van der Waals surface area contributed by atoms with Crippen molar-refractivity contribution in [3.8, 4) is 5.75 Å². The lowest BCUT2D eigenvalue weighted by atomic mass is 10.0. The van der Waals surface area contributed by atoms with Crippen LogP contribution in [-0.2, 0) is 35.3 Å². The molecule has 4 aliphatic rings. The number of allylic oxidation sites excluding steroid dienone is 1. The highest BCUT2D eigenvalue weighted by atomic mass is 32.2. The number of ether oxygens (including phenoxy) is 2. The Bertz CT molecular complexity index is 1760. The van der Waals surface area contributed by atoms with Crippen molar-refractivity contribution in [3.63, 3.8) is 0 Å². The molecular formula is C35H46F3N5O9S. The van der Waals surface area contributed by atoms with Crippen molar-refractivity contribution in [1.29, 1.82) is 0 Å². The maximum absolute atomic E-state index is 14.3. The van der Waals surface area contributed by atoms with Crippen LogP contribution in [0.5, 0.6) is 5.75 Å². The molecule has 4 N–H and O–H groups in total. The number of carbonyl (C=O) groups is 5. The zero-order valence-corrected chi connectivity index (χ0v) is 30.8. The Labute approximate surface area is 306 Å². The molecule has 292 valence electrons. The van der Waals surface area contributed by atoms with Gasteiger partial charge in [0.15, 0.2) is 0 Å². The molecule has 53 heavy (non-hydrogen) atoms. The van der Waals surface area contributed by atoms with E-state index in [0.29, 0.717) is 44.6 Å². The van der Waals surface area contributed by atoms with Crippen LogP contribution in [-0.4, -0.2) is 91.2 Å². The summed E-state index contributed by atoms with van der Waals surface area (Å²) >= 11 is 0. The fraction of sp³-hybridized carbons (Fsp3) is 0.629. The molecule has 0 spiro atoms. The summed E-state index contributed by atoms with van der Waals surface area (Å²) in [7, 11) is -2.91. The summed E-state index contributed by atoms with van der Waals surface area (Å²) in [4.78, 5) is 69.3. The molecule has 1 aromatic rings. The molecule has 18 heteroatoms. The van der Waals surface area contributed by atoms with Gasteiger partial charge in [-0.3, -0.25) is 23.9 Å². The molecule has 3 fully saturated rings. The van der Waals surface area contributed by atoms with Gasteiger partial charge >= 0.3 is 12.3 Å². The highest BCUT2D eigenvalue weighted by Crippen LogP contribution is 2.46. The molecule has 5 rings (SSSR count). The molecule has 2 saturated carbocycles. The topological polar surface area (TPSA) is 189 Å². The van der Waals surface area contributed by atoms with Crippen molar-refractivity contribution in [2.75, 3.05) is 13.7 Å². The SMILES string of the molecule is COc1ccc(C(=O)N[C@@H]2C[C@H]3C(=O)N[C@]4(C(=O)NS(=O)(=O)C5CC5)C[C@H]4C=CCCCCC[C@H](NC(=O)OC(C)(C)C)C(=O)N3C2)cc1C(F)(F)F. The third-order valence-electron chi connectivity index (χ3n) is 9.67. The summed E-state index contributed by atoms with van der Waals surface area (Å²) < 4.78 is 78.9. The number of nitrogens with zero attached hydrogens (tertiary/aromatic N) is 1. The van der Waals surface area contributed by atoms with Crippen LogP contribution in [0.1, 0.15) is 94.5 Å². The lowest BCUT2D eigenvalue weighted by Crippen LogP contribution is -2.58. The molecular weight excluding hydrogens is 723 g/mol. The predicted molar refractivity (Wildman–Crippen MR) is 184 cm³/mol. The van der Waals surface area contributed by atoms with E-state index in [1.807, 2.05) is 6.08 Å². The average Bonchev–Trinajstić information content (AvgIpc) is 3.98. The molecule has 1 saturated heterocycles. The van der Waals surface area contributed by atoms with Crippen LogP contribution in [0.15, 0.2) is 30.4 Å². The summed E-state index contributed by atoms with van der Waals surface area (Å²) in [5, 5.41) is 7.24. The summed E-state index contributed by atoms with van der Waals surface area (Å²) in [6.07, 6.45) is 1.34. The highest BCUT2D eigenvalue weighted by molar-refractivity contribution is 7.91. The van der Waals surface area contributed by atoms with Gasteiger partial charge in [-0.25, -0.2) is 13.2 Å². The number of alkyl halides is 3. The minimum atomic E-state index is -4.83. The van der Waals surface area contributed by atoms with Crippen molar-refractivity contribution < 1.29 is 55.0 Å². The van der Waals surface area contributed by atoms with E-state index in [2.05, 4.69) is 20.7 Å². The Kier molecular flexibility index (Phi) is 11.4. The van der Waals surface area contributed by atoms with Crippen molar-refractivity contribution >= 4 is 39.7 Å². The van der Waals surface area contributed by atoms with Gasteiger partial charge in [0.2, 0.25) is 21.8 Å². The molecule has 5 atom stereocenters. The zero-order valence-electron chi connectivity index (χ0n) is 30.0. The van der Waals surface area contributed by atoms with Crippen molar-refractivity contribution in [3.05, 3.63) is 41.5 Å². The minimum Gasteiger partial charge on any atom is -0.496 e. The van der Waals surface area contributed by atoms with Gasteiger partial charge in [0.25, 0.3) is 11.8 Å². The predicted octanol–water partition coefficient (Wildman–Crippen LogP) is 3.31. The first-order chi connectivity index (χ1) is 24.7. The monoisotopic (exact) mass is 769 g/mol. The maximum atomic E-state index is 14.3. The first-order valence-electron chi connectivity index (χ1n) is 17.6. The Hall–Kier alpha value is -4.35. The number of halogens is 3. The Morgan fingerprint density at radius 2 is 1.74 bits per heavy atom. The number of alkyl carbamates (subject to hydrolysis) is 1. The maximum Gasteiger partial charge on any atom is 0.419 e. The second-order valence-electron chi connectivity index (χ2n) is 15.0. The van der Waals surface area contributed by atoms with E-state index in [0.717, 1.165) is 24.1 Å². The van der Waals surface area contributed by atoms with Gasteiger partial charge in [-0.1, -0.05) is 25.0 Å². The molecule has 0 unspecified atom stereocenters. The van der Waals surface area contributed by atoms with E-state index >= 15 is 0 Å². The molecule has 0 radical (unpaired) electrons. The number of methoxy groups -OCH3 is 1. The van der Waals surface area contributed by atoms with Crippen LogP contribution >= 0.6 is 0 Å². The van der Waals surface area contributed by atoms with E-state index in [1.54, 1.807) is 26.8 Å². The third-order valence-corrected chi connectivity index (χ3v) is 11.5. The smallest absolute Gasteiger partial charge is 0.419 e. The number of amides is 5. The van der Waals surface area contributed by atoms with E-state index < -0.39 is 97.7 Å². The van der Waals surface area contributed by atoms with Gasteiger partial charge in [0.05, 0.1) is 17.9 Å². The molecule has 2 aliphatic carbocycles. The van der Waals surface area contributed by atoms with E-state index in [4.69, 9.17) is 9.47 Å². The van der Waals surface area contributed by atoms with Crippen LogP contribution in [0.3, 0.4) is 0 Å². The van der Waals surface area contributed by atoms with Gasteiger partial charge in [-0.05, 0) is 83.9 Å². The van der Waals surface area contributed by atoms with Crippen LogP contribution in [0.25, 0.3) is 0 Å². The van der Waals surface area contributed by atoms with Crippen LogP contribution < -0.4 is 25.4 Å². The van der Waals surface area contributed by atoms with E-state index in [9.17, 15) is 45.6 Å². The summed E-state index contributed by atoms with van der Waals surface area (Å²) in [5.74, 6) is -4.31. The zero-order chi connectivity index (χ0) is 38.9. The average molecular weight is 770 g/mol. The second kappa shape index (κ2) is 15.2. The summed E-state index contributed by atoms with van der Waals surface area (Å²) in [6, 6.07) is -0.628. The van der Waals surface area contributed by atoms with Crippen LogP contribution in [0, 0.1) is 5.92 Å². The van der Waals surface area contributed by atoms with Gasteiger partial charge in [-0.2, -0.15) is 13.2 Å². The van der Waals surface area contributed by atoms with E-state index in [-0.39, 0.29) is 31.4 Å². The third kappa shape index (κ3) is 9.61. The van der Waals surface area contributed by atoms with Gasteiger partial charge < -0.3 is 30.3 Å². The molecule has 14 nitrogen and oxygen atoms in total. The largest absolute Gasteiger partial charge is 0.496 e. The lowest BCUT2D eigenvalue weighted by Gasteiger charge is -2.30. The first-order valence-corrected chi connectivity index (χ1v) is 19.2. The van der Waals surface area contributed by atoms with E-state index in [1.165, 1.54) is 0 Å². The molecule has 0 aromatic heterocycles. The molecule has 0 bridgehead atoms. The van der Waals surface area contributed by atoms with Crippen LogP contribution in [0.2, 0.25) is 0 Å². The molecule has 5 amide bonds. The quantitative estimate of drug-likeness (QED) is 0.302. The standard InChI is InChI=1S/C35H46F3N5O9S/c1-33(2,3)52-32(48)40-25-11-9-7-5-6-8-10-21-18-34(21,31(47)42-53(49,50)23-13-14-23)41-29(45)26-17-22(19-43(26)30(25)46)39-28(44)20-12-15-27(51-4)24(16-20)35(36,37)38/h8,10,12,15-16,21-23,25-26H,5-7,9,11,13-14,17-19H2,1-4H3,(H,39,44)(H,40,48)(H,41,45)(H,42,47)/t21-,22-,25+,26+,34-/m1/s1. The summed E-state index contributed by atoms with van der Waals surface area (Å²) in [5.41, 5.74) is -4.03. The second-order valence-corrected chi connectivity index (χ2v) is 17.0. The Morgan fingerprint density at radius 3 is 2.38 bits per heavy atom. The Balaban J connectivity index is 1.44. The van der Waals surface area contributed by atoms with Crippen molar-refractivity contribution in [1.82, 2.24) is 25.6 Å². The lowest BCUT2D eigenvalue weighted by molar-refractivity contribution is -0.141. The molecule has 1 aromatic carbocycles.